The summed E-state index contributed by atoms with van der Waals surface area (Å²) in [6.07, 6.45) is 0. The van der Waals surface area contributed by atoms with Gasteiger partial charge in [0.25, 0.3) is 0 Å². The molecule has 5 heteroatoms. The Morgan fingerprint density at radius 2 is 1.50 bits per heavy atom. The maximum Gasteiger partial charge on any atom is 0.228 e. The van der Waals surface area contributed by atoms with E-state index in [0.29, 0.717) is 0 Å². The maximum atomic E-state index is 5.95. The molecule has 0 saturated carbocycles. The Morgan fingerprint density at radius 1 is 0.857 bits per heavy atom. The summed E-state index contributed by atoms with van der Waals surface area (Å²) in [5.74, 6) is 0.758. The van der Waals surface area contributed by atoms with Gasteiger partial charge in [-0.05, 0) is 17.7 Å². The van der Waals surface area contributed by atoms with Crippen LogP contribution in [0.3, 0.4) is 0 Å². The number of thiocarbonyl (C=S) groups is 1. The van der Waals surface area contributed by atoms with Crippen molar-refractivity contribution in [2.45, 2.75) is 0 Å². The van der Waals surface area contributed by atoms with Gasteiger partial charge in [-0.25, -0.2) is 9.66 Å². The van der Waals surface area contributed by atoms with Crippen molar-refractivity contribution in [1.29, 1.82) is 0 Å². The number of aromatic nitrogens is 2. The molecule has 1 aliphatic heterocycles. The van der Waals surface area contributed by atoms with Gasteiger partial charge < -0.3 is 5.32 Å². The van der Waals surface area contributed by atoms with E-state index >= 15 is 0 Å². The molecule has 1 aromatic heterocycles. The molecule has 0 unspecified atom stereocenters. The van der Waals surface area contributed by atoms with Gasteiger partial charge in [-0.1, -0.05) is 85.0 Å². The van der Waals surface area contributed by atoms with E-state index < -0.39 is 0 Å². The summed E-state index contributed by atoms with van der Waals surface area (Å²) >= 11 is 5.95. The Bertz CT molecular complexity index is 1170. The third kappa shape index (κ3) is 2.60. The molecule has 1 N–H and O–H groups in total. The number of rotatable bonds is 3. The molecule has 3 aromatic carbocycles. The summed E-state index contributed by atoms with van der Waals surface area (Å²) in [6, 6.07) is 28.5. The van der Waals surface area contributed by atoms with Gasteiger partial charge in [0, 0.05) is 12.6 Å². The third-order valence-corrected chi connectivity index (χ3v) is 5.38. The fourth-order valence-electron chi connectivity index (χ4n) is 3.60. The van der Waals surface area contributed by atoms with E-state index in [-0.39, 0.29) is 0 Å². The first-order chi connectivity index (χ1) is 13.7. The predicted molar refractivity (Wildman–Crippen MR) is 118 cm³/mol. The van der Waals surface area contributed by atoms with E-state index in [1.54, 1.807) is 0 Å². The first kappa shape index (κ1) is 16.7. The monoisotopic (exact) mass is 382 g/mol. The topological polar surface area (TPSA) is 33.1 Å². The zero-order valence-electron chi connectivity index (χ0n) is 15.3. The van der Waals surface area contributed by atoms with Crippen molar-refractivity contribution >= 4 is 34.4 Å². The van der Waals surface area contributed by atoms with E-state index in [9.17, 15) is 0 Å². The summed E-state index contributed by atoms with van der Waals surface area (Å²) in [5, 5.41) is 5.56. The minimum absolute atomic E-state index is 0.758. The second-order valence-electron chi connectivity index (χ2n) is 6.67. The number of fused-ring (bicyclic) bond motifs is 2. The molecule has 0 radical (unpaired) electrons. The highest BCUT2D eigenvalue weighted by atomic mass is 32.1. The SMILES string of the molecule is CN1c2ccccc2Nc2nc(-c3ccccc3)c(C(=S)c3ccccc3)n21. The van der Waals surface area contributed by atoms with E-state index in [4.69, 9.17) is 17.2 Å². The fraction of sp³-hybridized carbons (Fsp3) is 0.0435. The van der Waals surface area contributed by atoms with Crippen molar-refractivity contribution < 1.29 is 0 Å². The Morgan fingerprint density at radius 3 is 2.25 bits per heavy atom. The smallest absolute Gasteiger partial charge is 0.228 e. The average molecular weight is 382 g/mol. The van der Waals surface area contributed by atoms with Crippen molar-refractivity contribution in [3.63, 3.8) is 0 Å². The van der Waals surface area contributed by atoms with E-state index in [1.165, 1.54) is 0 Å². The molecule has 4 nitrogen and oxygen atoms in total. The standard InChI is InChI=1S/C23H18N4S/c1-26-19-15-9-8-14-18(19)24-23-25-20(16-10-4-2-5-11-16)21(27(23)26)22(28)17-12-6-3-7-13-17/h2-15H,1H3,(H,24,25). The van der Waals surface area contributed by atoms with Gasteiger partial charge in [0.15, 0.2) is 0 Å². The molecule has 0 spiro atoms. The van der Waals surface area contributed by atoms with Crippen molar-refractivity contribution in [2.24, 2.45) is 0 Å². The number of nitrogens with zero attached hydrogens (tertiary/aromatic N) is 3. The summed E-state index contributed by atoms with van der Waals surface area (Å²) in [6.45, 7) is 0. The first-order valence-corrected chi connectivity index (χ1v) is 9.53. The molecular formula is C23H18N4S. The largest absolute Gasteiger partial charge is 0.322 e. The van der Waals surface area contributed by atoms with Gasteiger partial charge in [-0.3, -0.25) is 5.01 Å². The van der Waals surface area contributed by atoms with E-state index in [0.717, 1.165) is 44.7 Å². The van der Waals surface area contributed by atoms with Crippen LogP contribution in [-0.4, -0.2) is 21.6 Å². The lowest BCUT2D eigenvalue weighted by Gasteiger charge is -2.31. The quantitative estimate of drug-likeness (QED) is 0.386. The van der Waals surface area contributed by atoms with Crippen LogP contribution in [0.5, 0.6) is 0 Å². The normalized spacial score (nSPS) is 12.1. The minimum Gasteiger partial charge on any atom is -0.322 e. The van der Waals surface area contributed by atoms with Gasteiger partial charge in [-0.15, -0.1) is 0 Å². The molecule has 136 valence electrons. The Labute approximate surface area is 169 Å². The zero-order valence-corrected chi connectivity index (χ0v) is 16.1. The molecule has 0 saturated heterocycles. The van der Waals surface area contributed by atoms with E-state index in [1.807, 2.05) is 67.7 Å². The lowest BCUT2D eigenvalue weighted by Crippen LogP contribution is -2.32. The second kappa shape index (κ2) is 6.62. The number of hydrogen-bond acceptors (Lipinski definition) is 4. The number of anilines is 3. The van der Waals surface area contributed by atoms with Gasteiger partial charge in [0.05, 0.1) is 16.2 Å². The highest BCUT2D eigenvalue weighted by molar-refractivity contribution is 7.81. The summed E-state index contributed by atoms with van der Waals surface area (Å²) in [4.78, 5) is 5.71. The average Bonchev–Trinajstić information content (AvgIpc) is 3.14. The maximum absolute atomic E-state index is 5.95. The molecule has 0 bridgehead atoms. The molecule has 0 aliphatic carbocycles. The minimum atomic E-state index is 0.758. The van der Waals surface area contributed by atoms with Crippen molar-refractivity contribution in [2.75, 3.05) is 17.4 Å². The van der Waals surface area contributed by atoms with Gasteiger partial charge in [-0.2, -0.15) is 0 Å². The molecule has 0 fully saturated rings. The number of nitrogens with one attached hydrogen (secondary N) is 1. The number of imidazole rings is 1. The number of hydrogen-bond donors (Lipinski definition) is 1. The van der Waals surface area contributed by atoms with Crippen LogP contribution in [0.1, 0.15) is 11.3 Å². The van der Waals surface area contributed by atoms with Crippen LogP contribution in [0.15, 0.2) is 84.9 Å². The number of para-hydroxylation sites is 2. The van der Waals surface area contributed by atoms with Crippen molar-refractivity contribution in [3.05, 3.63) is 96.2 Å². The van der Waals surface area contributed by atoms with Crippen LogP contribution in [0.25, 0.3) is 11.3 Å². The van der Waals surface area contributed by atoms with E-state index in [2.05, 4.69) is 39.3 Å². The lowest BCUT2D eigenvalue weighted by atomic mass is 10.0. The zero-order chi connectivity index (χ0) is 19.1. The Hall–Kier alpha value is -3.44. The van der Waals surface area contributed by atoms with Crippen LogP contribution in [0.2, 0.25) is 0 Å². The molecule has 4 aromatic rings. The van der Waals surface area contributed by atoms with Crippen molar-refractivity contribution in [1.82, 2.24) is 9.66 Å². The lowest BCUT2D eigenvalue weighted by molar-refractivity contribution is 0.765. The Kier molecular flexibility index (Phi) is 3.95. The summed E-state index contributed by atoms with van der Waals surface area (Å²) in [5.41, 5.74) is 5.92. The molecule has 1 aliphatic rings. The van der Waals surface area contributed by atoms with Crippen LogP contribution in [0.4, 0.5) is 17.3 Å². The van der Waals surface area contributed by atoms with Gasteiger partial charge in [0.2, 0.25) is 5.95 Å². The molecule has 5 rings (SSSR count). The third-order valence-electron chi connectivity index (χ3n) is 4.95. The van der Waals surface area contributed by atoms with Gasteiger partial charge in [0.1, 0.15) is 11.4 Å². The number of benzene rings is 3. The van der Waals surface area contributed by atoms with Crippen LogP contribution in [-0.2, 0) is 0 Å². The highest BCUT2D eigenvalue weighted by Gasteiger charge is 2.29. The van der Waals surface area contributed by atoms with Crippen molar-refractivity contribution in [3.8, 4) is 11.3 Å². The fourth-order valence-corrected chi connectivity index (χ4v) is 3.92. The summed E-state index contributed by atoms with van der Waals surface area (Å²) < 4.78 is 2.07. The molecule has 0 amide bonds. The molecule has 0 atom stereocenters. The first-order valence-electron chi connectivity index (χ1n) is 9.12. The van der Waals surface area contributed by atoms with Crippen LogP contribution in [0, 0.1) is 0 Å². The molecule has 28 heavy (non-hydrogen) atoms. The highest BCUT2D eigenvalue weighted by Crippen LogP contribution is 2.38. The van der Waals surface area contributed by atoms with Crippen LogP contribution >= 0.6 is 12.2 Å². The molecule has 2 heterocycles. The Balaban J connectivity index is 1.75. The summed E-state index contributed by atoms with van der Waals surface area (Å²) in [7, 11) is 2.04. The molecular weight excluding hydrogens is 364 g/mol. The predicted octanol–water partition coefficient (Wildman–Crippen LogP) is 5.27. The van der Waals surface area contributed by atoms with Crippen LogP contribution < -0.4 is 10.3 Å². The van der Waals surface area contributed by atoms with Gasteiger partial charge >= 0.3 is 0 Å². The second-order valence-corrected chi connectivity index (χ2v) is 7.08.